The van der Waals surface area contributed by atoms with Crippen LogP contribution in [0, 0.1) is 11.3 Å². The molecule has 4 nitrogen and oxygen atoms in total. The summed E-state index contributed by atoms with van der Waals surface area (Å²) in [7, 11) is -3.45. The molecule has 0 N–H and O–H groups in total. The molecule has 0 aliphatic heterocycles. The molecule has 0 unspecified atom stereocenters. The highest BCUT2D eigenvalue weighted by Crippen LogP contribution is 2.27. The molecule has 1 aromatic rings. The fourth-order valence-electron chi connectivity index (χ4n) is 2.83. The smallest absolute Gasteiger partial charge is 0.207 e. The number of sulfonamides is 1. The summed E-state index contributed by atoms with van der Waals surface area (Å²) >= 11 is 0. The van der Waals surface area contributed by atoms with Gasteiger partial charge in [-0.15, -0.1) is 0 Å². The quantitative estimate of drug-likeness (QED) is 0.857. The zero-order valence-corrected chi connectivity index (χ0v) is 12.6. The molecular weight excluding hydrogens is 272 g/mol. The first-order valence-corrected chi connectivity index (χ1v) is 8.55. The van der Waals surface area contributed by atoms with Crippen LogP contribution in [0.15, 0.2) is 29.2 Å². The van der Waals surface area contributed by atoms with Crippen LogP contribution in [0.3, 0.4) is 0 Å². The van der Waals surface area contributed by atoms with Gasteiger partial charge in [0.15, 0.2) is 0 Å². The summed E-state index contributed by atoms with van der Waals surface area (Å²) in [4.78, 5) is 0.281. The highest BCUT2D eigenvalue weighted by atomic mass is 32.2. The lowest BCUT2D eigenvalue weighted by Gasteiger charge is -2.32. The van der Waals surface area contributed by atoms with Crippen LogP contribution in [-0.4, -0.2) is 25.3 Å². The van der Waals surface area contributed by atoms with Crippen LogP contribution >= 0.6 is 0 Å². The van der Waals surface area contributed by atoms with Crippen molar-refractivity contribution in [1.29, 1.82) is 5.26 Å². The lowest BCUT2D eigenvalue weighted by atomic mass is 9.95. The lowest BCUT2D eigenvalue weighted by molar-refractivity contribution is 0.261. The monoisotopic (exact) mass is 292 g/mol. The molecule has 20 heavy (non-hydrogen) atoms. The summed E-state index contributed by atoms with van der Waals surface area (Å²) in [6.07, 6.45) is 5.30. The maximum Gasteiger partial charge on any atom is 0.243 e. The minimum absolute atomic E-state index is 0.120. The second kappa shape index (κ2) is 6.38. The minimum atomic E-state index is -3.45. The van der Waals surface area contributed by atoms with Gasteiger partial charge in [0.2, 0.25) is 10.0 Å². The van der Waals surface area contributed by atoms with Crippen LogP contribution in [0.4, 0.5) is 0 Å². The van der Waals surface area contributed by atoms with Crippen molar-refractivity contribution in [1.82, 2.24) is 4.31 Å². The van der Waals surface area contributed by atoms with Gasteiger partial charge in [-0.2, -0.15) is 9.57 Å². The number of nitriles is 1. The second-order valence-corrected chi connectivity index (χ2v) is 7.03. The molecule has 5 heteroatoms. The van der Waals surface area contributed by atoms with E-state index in [0.29, 0.717) is 12.1 Å². The molecule has 0 atom stereocenters. The molecule has 0 amide bonds. The van der Waals surface area contributed by atoms with Crippen LogP contribution in [0.5, 0.6) is 0 Å². The van der Waals surface area contributed by atoms with Gasteiger partial charge in [-0.3, -0.25) is 0 Å². The second-order valence-electron chi connectivity index (χ2n) is 5.14. The third-order valence-electron chi connectivity index (χ3n) is 3.88. The van der Waals surface area contributed by atoms with Crippen molar-refractivity contribution in [2.45, 2.75) is 50.0 Å². The summed E-state index contributed by atoms with van der Waals surface area (Å²) in [5.41, 5.74) is 0.477. The van der Waals surface area contributed by atoms with Crippen LogP contribution in [0.1, 0.15) is 44.6 Å². The van der Waals surface area contributed by atoms with Crippen molar-refractivity contribution >= 4 is 10.0 Å². The van der Waals surface area contributed by atoms with Gasteiger partial charge in [-0.05, 0) is 37.1 Å². The minimum Gasteiger partial charge on any atom is -0.207 e. The average Bonchev–Trinajstić information content (AvgIpc) is 2.49. The van der Waals surface area contributed by atoms with Crippen molar-refractivity contribution in [3.63, 3.8) is 0 Å². The van der Waals surface area contributed by atoms with E-state index in [2.05, 4.69) is 0 Å². The SMILES string of the molecule is CCN(C1CCCCC1)S(=O)(=O)c1ccc(C#N)cc1. The van der Waals surface area contributed by atoms with Crippen LogP contribution < -0.4 is 0 Å². The van der Waals surface area contributed by atoms with Gasteiger partial charge in [0.1, 0.15) is 0 Å². The largest absolute Gasteiger partial charge is 0.243 e. The van der Waals surface area contributed by atoms with E-state index in [9.17, 15) is 8.42 Å². The molecular formula is C15H20N2O2S. The van der Waals surface area contributed by atoms with E-state index >= 15 is 0 Å². The molecule has 2 rings (SSSR count). The van der Waals surface area contributed by atoms with Crippen molar-refractivity contribution in [2.75, 3.05) is 6.54 Å². The van der Waals surface area contributed by atoms with E-state index < -0.39 is 10.0 Å². The maximum atomic E-state index is 12.7. The zero-order valence-electron chi connectivity index (χ0n) is 11.7. The van der Waals surface area contributed by atoms with Gasteiger partial charge in [0.05, 0.1) is 16.5 Å². The van der Waals surface area contributed by atoms with Crippen molar-refractivity contribution < 1.29 is 8.42 Å². The van der Waals surface area contributed by atoms with Crippen LogP contribution in [0.2, 0.25) is 0 Å². The molecule has 0 saturated heterocycles. The average molecular weight is 292 g/mol. The Morgan fingerprint density at radius 1 is 1.20 bits per heavy atom. The Morgan fingerprint density at radius 3 is 2.30 bits per heavy atom. The van der Waals surface area contributed by atoms with E-state index in [-0.39, 0.29) is 10.9 Å². The highest BCUT2D eigenvalue weighted by molar-refractivity contribution is 7.89. The van der Waals surface area contributed by atoms with Gasteiger partial charge in [-0.25, -0.2) is 8.42 Å². The number of hydrogen-bond acceptors (Lipinski definition) is 3. The van der Waals surface area contributed by atoms with Crippen molar-refractivity contribution in [3.05, 3.63) is 29.8 Å². The molecule has 0 aromatic heterocycles. The summed E-state index contributed by atoms with van der Waals surface area (Å²) in [5.74, 6) is 0. The van der Waals surface area contributed by atoms with E-state index in [0.717, 1.165) is 25.7 Å². The first kappa shape index (κ1) is 15.0. The molecule has 1 aromatic carbocycles. The zero-order chi connectivity index (χ0) is 14.6. The third-order valence-corrected chi connectivity index (χ3v) is 5.93. The first-order chi connectivity index (χ1) is 9.59. The molecule has 0 radical (unpaired) electrons. The van der Waals surface area contributed by atoms with E-state index in [1.54, 1.807) is 16.4 Å². The number of benzene rings is 1. The van der Waals surface area contributed by atoms with Crippen molar-refractivity contribution in [2.24, 2.45) is 0 Å². The topological polar surface area (TPSA) is 61.2 Å². The Balaban J connectivity index is 2.28. The molecule has 1 saturated carbocycles. The number of rotatable bonds is 4. The molecule has 0 spiro atoms. The third kappa shape index (κ3) is 3.02. The number of nitrogens with zero attached hydrogens (tertiary/aromatic N) is 2. The summed E-state index contributed by atoms with van der Waals surface area (Å²) in [6.45, 7) is 2.38. The van der Waals surface area contributed by atoms with Gasteiger partial charge < -0.3 is 0 Å². The van der Waals surface area contributed by atoms with E-state index in [1.807, 2.05) is 13.0 Å². The van der Waals surface area contributed by atoms with Crippen LogP contribution in [0.25, 0.3) is 0 Å². The van der Waals surface area contributed by atoms with Crippen molar-refractivity contribution in [3.8, 4) is 6.07 Å². The Kier molecular flexibility index (Phi) is 4.79. The summed E-state index contributed by atoms with van der Waals surface area (Å²) in [6, 6.07) is 8.29. The molecule has 108 valence electrons. The standard InChI is InChI=1S/C15H20N2O2S/c1-2-17(14-6-4-3-5-7-14)20(18,19)15-10-8-13(12-16)9-11-15/h8-11,14H,2-7H2,1H3. The predicted octanol–water partition coefficient (Wildman–Crippen LogP) is 2.90. The maximum absolute atomic E-state index is 12.7. The molecule has 1 aliphatic carbocycles. The van der Waals surface area contributed by atoms with Gasteiger partial charge in [-0.1, -0.05) is 26.2 Å². The highest BCUT2D eigenvalue weighted by Gasteiger charge is 2.30. The Labute approximate surface area is 121 Å². The van der Waals surface area contributed by atoms with Gasteiger partial charge in [0, 0.05) is 12.6 Å². The molecule has 1 fully saturated rings. The Morgan fingerprint density at radius 2 is 1.80 bits per heavy atom. The summed E-state index contributed by atoms with van der Waals surface area (Å²) < 4.78 is 27.0. The normalized spacial score (nSPS) is 17.1. The number of hydrogen-bond donors (Lipinski definition) is 0. The Bertz CT molecular complexity index is 581. The van der Waals surface area contributed by atoms with E-state index in [4.69, 9.17) is 5.26 Å². The fraction of sp³-hybridized carbons (Fsp3) is 0.533. The lowest BCUT2D eigenvalue weighted by Crippen LogP contribution is -2.41. The molecule has 0 heterocycles. The Hall–Kier alpha value is -1.38. The summed E-state index contributed by atoms with van der Waals surface area (Å²) in [5, 5.41) is 8.78. The van der Waals surface area contributed by atoms with E-state index in [1.165, 1.54) is 18.6 Å². The van der Waals surface area contributed by atoms with Gasteiger partial charge >= 0.3 is 0 Å². The fourth-order valence-corrected chi connectivity index (χ4v) is 4.52. The molecule has 1 aliphatic rings. The predicted molar refractivity (Wildman–Crippen MR) is 77.6 cm³/mol. The first-order valence-electron chi connectivity index (χ1n) is 7.11. The van der Waals surface area contributed by atoms with Crippen LogP contribution in [-0.2, 0) is 10.0 Å². The molecule has 0 bridgehead atoms. The van der Waals surface area contributed by atoms with Gasteiger partial charge in [0.25, 0.3) is 0 Å².